The van der Waals surface area contributed by atoms with E-state index in [4.69, 9.17) is 16.3 Å². The first-order valence-corrected chi connectivity index (χ1v) is 11.4. The largest absolute Gasteiger partial charge is 0.495 e. The van der Waals surface area contributed by atoms with Gasteiger partial charge in [-0.2, -0.15) is 0 Å². The molecular formula is C26H26ClN3O2. The molecule has 3 aromatic rings. The third-order valence-corrected chi connectivity index (χ3v) is 6.80. The third kappa shape index (κ3) is 3.82. The number of rotatable bonds is 4. The van der Waals surface area contributed by atoms with Crippen molar-refractivity contribution in [2.45, 2.75) is 44.7 Å². The molecule has 2 saturated heterocycles. The normalized spacial score (nSPS) is 21.8. The molecule has 2 atom stereocenters. The number of benzene rings is 2. The Balaban J connectivity index is 1.43. The van der Waals surface area contributed by atoms with Crippen molar-refractivity contribution in [1.29, 1.82) is 0 Å². The van der Waals surface area contributed by atoms with Crippen LogP contribution in [0.4, 0.5) is 0 Å². The number of piperidine rings is 1. The molecule has 0 spiro atoms. The summed E-state index contributed by atoms with van der Waals surface area (Å²) < 4.78 is 7.58. The number of amides is 1. The number of halogens is 1. The summed E-state index contributed by atoms with van der Waals surface area (Å²) in [6.45, 7) is 1.96. The van der Waals surface area contributed by atoms with Crippen molar-refractivity contribution in [3.05, 3.63) is 82.4 Å². The van der Waals surface area contributed by atoms with Gasteiger partial charge in [0.05, 0.1) is 30.9 Å². The molecule has 5 rings (SSSR count). The summed E-state index contributed by atoms with van der Waals surface area (Å²) in [4.78, 5) is 19.9. The number of hydrogen-bond acceptors (Lipinski definition) is 3. The fourth-order valence-electron chi connectivity index (χ4n) is 4.97. The summed E-state index contributed by atoms with van der Waals surface area (Å²) in [7, 11) is 1.66. The van der Waals surface area contributed by atoms with Gasteiger partial charge >= 0.3 is 0 Å². The van der Waals surface area contributed by atoms with Crippen LogP contribution in [0.15, 0.2) is 60.6 Å². The number of hydrogen-bond donors (Lipinski definition) is 0. The highest BCUT2D eigenvalue weighted by atomic mass is 35.5. The quantitative estimate of drug-likeness (QED) is 0.478. The summed E-state index contributed by atoms with van der Waals surface area (Å²) in [5, 5.41) is 0.720. The van der Waals surface area contributed by atoms with Gasteiger partial charge in [-0.15, -0.1) is 0 Å². The number of methoxy groups -OCH3 is 1. The highest BCUT2D eigenvalue weighted by Crippen LogP contribution is 2.42. The van der Waals surface area contributed by atoms with Crippen molar-refractivity contribution in [3.63, 3.8) is 0 Å². The molecule has 1 aromatic heterocycles. The number of ether oxygens (including phenoxy) is 1. The molecule has 2 aliphatic rings. The SMILES string of the molecule is COc1cc(C=C2CC[C@H]3CCC(c4ccc(Cl)cc4)N3C2=O)ccc1-n1cnc(C)c1. The molecule has 0 bridgehead atoms. The van der Waals surface area contributed by atoms with Crippen molar-refractivity contribution in [2.24, 2.45) is 0 Å². The van der Waals surface area contributed by atoms with Gasteiger partial charge in [-0.25, -0.2) is 4.98 Å². The number of imidazole rings is 1. The molecule has 1 unspecified atom stereocenters. The minimum atomic E-state index is 0.120. The number of aromatic nitrogens is 2. The Hall–Kier alpha value is -3.05. The van der Waals surface area contributed by atoms with Gasteiger partial charge in [0.15, 0.2) is 0 Å². The van der Waals surface area contributed by atoms with E-state index in [1.807, 2.05) is 66.2 Å². The molecule has 0 radical (unpaired) electrons. The van der Waals surface area contributed by atoms with E-state index >= 15 is 0 Å². The van der Waals surface area contributed by atoms with Gasteiger partial charge in [-0.1, -0.05) is 29.8 Å². The van der Waals surface area contributed by atoms with E-state index in [0.29, 0.717) is 6.04 Å². The highest BCUT2D eigenvalue weighted by Gasteiger charge is 2.41. The van der Waals surface area contributed by atoms with Gasteiger partial charge in [0.25, 0.3) is 5.91 Å². The van der Waals surface area contributed by atoms with Crippen LogP contribution in [0.25, 0.3) is 11.8 Å². The lowest BCUT2D eigenvalue weighted by molar-refractivity contribution is -0.131. The van der Waals surface area contributed by atoms with Gasteiger partial charge in [-0.3, -0.25) is 4.79 Å². The molecular weight excluding hydrogens is 422 g/mol. The lowest BCUT2D eigenvalue weighted by Crippen LogP contribution is -2.41. The third-order valence-electron chi connectivity index (χ3n) is 6.55. The Morgan fingerprint density at radius 2 is 1.94 bits per heavy atom. The second-order valence-corrected chi connectivity index (χ2v) is 9.01. The second-order valence-electron chi connectivity index (χ2n) is 8.57. The Morgan fingerprint density at radius 1 is 1.12 bits per heavy atom. The number of carbonyl (C=O) groups excluding carboxylic acids is 1. The van der Waals surface area contributed by atoms with Gasteiger partial charge in [-0.05, 0) is 74.1 Å². The Labute approximate surface area is 193 Å². The van der Waals surface area contributed by atoms with Gasteiger partial charge in [0.2, 0.25) is 0 Å². The first kappa shape index (κ1) is 20.8. The van der Waals surface area contributed by atoms with E-state index in [2.05, 4.69) is 9.88 Å². The molecule has 0 N–H and O–H groups in total. The highest BCUT2D eigenvalue weighted by molar-refractivity contribution is 6.30. The number of nitrogens with zero attached hydrogens (tertiary/aromatic N) is 3. The molecule has 164 valence electrons. The fourth-order valence-corrected chi connectivity index (χ4v) is 5.09. The maximum Gasteiger partial charge on any atom is 0.250 e. The first-order chi connectivity index (χ1) is 15.5. The van der Waals surface area contributed by atoms with E-state index in [-0.39, 0.29) is 11.9 Å². The zero-order chi connectivity index (χ0) is 22.2. The standard InChI is InChI=1S/C26H26ClN3O2/c1-17-15-29(16-28-17)24-11-3-18(14-25(24)32-2)13-20-6-9-22-10-12-23(30(22)26(20)31)19-4-7-21(27)8-5-19/h3-5,7-8,11,13-16,22-23H,6,9-10,12H2,1-2H3/t22-,23?/m0/s1. The summed E-state index contributed by atoms with van der Waals surface area (Å²) in [5.74, 6) is 0.894. The fraction of sp³-hybridized carbons (Fsp3) is 0.308. The van der Waals surface area contributed by atoms with Crippen LogP contribution in [0.3, 0.4) is 0 Å². The Morgan fingerprint density at radius 3 is 2.66 bits per heavy atom. The monoisotopic (exact) mass is 447 g/mol. The average molecular weight is 448 g/mol. The predicted molar refractivity (Wildman–Crippen MR) is 126 cm³/mol. The van der Waals surface area contributed by atoms with Crippen LogP contribution in [-0.2, 0) is 4.79 Å². The minimum absolute atomic E-state index is 0.120. The van der Waals surface area contributed by atoms with E-state index in [1.54, 1.807) is 13.4 Å². The van der Waals surface area contributed by atoms with Crippen LogP contribution < -0.4 is 4.74 Å². The number of fused-ring (bicyclic) bond motifs is 1. The molecule has 6 heteroatoms. The van der Waals surface area contributed by atoms with Crippen LogP contribution in [-0.4, -0.2) is 33.5 Å². The summed E-state index contributed by atoms with van der Waals surface area (Å²) in [5.41, 5.74) is 4.85. The van der Waals surface area contributed by atoms with E-state index < -0.39 is 0 Å². The van der Waals surface area contributed by atoms with Crippen LogP contribution in [0.5, 0.6) is 5.75 Å². The lowest BCUT2D eigenvalue weighted by Gasteiger charge is -2.35. The smallest absolute Gasteiger partial charge is 0.250 e. The van der Waals surface area contributed by atoms with E-state index in [0.717, 1.165) is 64.5 Å². The lowest BCUT2D eigenvalue weighted by atomic mass is 9.95. The Bertz CT molecular complexity index is 1180. The molecule has 1 amide bonds. The summed E-state index contributed by atoms with van der Waals surface area (Å²) >= 11 is 6.07. The van der Waals surface area contributed by atoms with Crippen LogP contribution in [0, 0.1) is 6.92 Å². The zero-order valence-corrected chi connectivity index (χ0v) is 19.0. The van der Waals surface area contributed by atoms with E-state index in [9.17, 15) is 4.79 Å². The summed E-state index contributed by atoms with van der Waals surface area (Å²) in [6.07, 6.45) is 9.62. The first-order valence-electron chi connectivity index (χ1n) is 11.0. The molecule has 2 aromatic carbocycles. The molecule has 0 saturated carbocycles. The maximum atomic E-state index is 13.5. The van der Waals surface area contributed by atoms with Crippen molar-refractivity contribution < 1.29 is 9.53 Å². The van der Waals surface area contributed by atoms with Crippen LogP contribution in [0.1, 0.15) is 48.5 Å². The molecule has 32 heavy (non-hydrogen) atoms. The minimum Gasteiger partial charge on any atom is -0.495 e. The van der Waals surface area contributed by atoms with Crippen LogP contribution >= 0.6 is 11.6 Å². The molecule has 0 aliphatic carbocycles. The van der Waals surface area contributed by atoms with Gasteiger partial charge in [0, 0.05) is 22.8 Å². The van der Waals surface area contributed by atoms with Crippen LogP contribution in [0.2, 0.25) is 5.02 Å². The molecule has 2 aliphatic heterocycles. The van der Waals surface area contributed by atoms with Crippen molar-refractivity contribution in [3.8, 4) is 11.4 Å². The van der Waals surface area contributed by atoms with Crippen molar-refractivity contribution in [1.82, 2.24) is 14.5 Å². The van der Waals surface area contributed by atoms with Crippen molar-refractivity contribution >= 4 is 23.6 Å². The average Bonchev–Trinajstić information content (AvgIpc) is 3.43. The zero-order valence-electron chi connectivity index (χ0n) is 18.3. The maximum absolute atomic E-state index is 13.5. The van der Waals surface area contributed by atoms with Gasteiger partial charge in [0.1, 0.15) is 5.75 Å². The topological polar surface area (TPSA) is 47.4 Å². The number of aryl methyl sites for hydroxylation is 1. The van der Waals surface area contributed by atoms with E-state index in [1.165, 1.54) is 0 Å². The Kier molecular flexibility index (Phi) is 5.51. The molecule has 3 heterocycles. The van der Waals surface area contributed by atoms with Crippen molar-refractivity contribution in [2.75, 3.05) is 7.11 Å². The molecule has 2 fully saturated rings. The summed E-state index contributed by atoms with van der Waals surface area (Å²) in [6, 6.07) is 14.4. The number of carbonyl (C=O) groups is 1. The predicted octanol–water partition coefficient (Wildman–Crippen LogP) is 5.75. The van der Waals surface area contributed by atoms with Gasteiger partial charge < -0.3 is 14.2 Å². The molecule has 5 nitrogen and oxygen atoms in total. The second kappa shape index (κ2) is 8.47.